The largest absolute Gasteiger partial charge is 0.374 e. The number of rotatable bonds is 1. The van der Waals surface area contributed by atoms with E-state index >= 15 is 0 Å². The van der Waals surface area contributed by atoms with Gasteiger partial charge in [0.25, 0.3) is 0 Å². The fourth-order valence-corrected chi connectivity index (χ4v) is 2.47. The van der Waals surface area contributed by atoms with Gasteiger partial charge in [-0.1, -0.05) is 6.07 Å². The predicted molar refractivity (Wildman–Crippen MR) is 56.6 cm³/mol. The van der Waals surface area contributed by atoms with Gasteiger partial charge in [-0.15, -0.1) is 0 Å². The van der Waals surface area contributed by atoms with Crippen LogP contribution in [0.3, 0.4) is 0 Å². The van der Waals surface area contributed by atoms with E-state index < -0.39 is 0 Å². The lowest BCUT2D eigenvalue weighted by molar-refractivity contribution is 0.0991. The first-order valence-electron chi connectivity index (χ1n) is 5.25. The van der Waals surface area contributed by atoms with Gasteiger partial charge in [0.1, 0.15) is 0 Å². The van der Waals surface area contributed by atoms with Crippen LogP contribution in [0, 0.1) is 11.3 Å². The first kappa shape index (κ1) is 8.75. The number of ether oxygens (including phenoxy) is 1. The van der Waals surface area contributed by atoms with Crippen molar-refractivity contribution in [1.29, 1.82) is 5.26 Å². The molecule has 2 aliphatic heterocycles. The Morgan fingerprint density at radius 3 is 3.07 bits per heavy atom. The molecule has 2 bridgehead atoms. The maximum Gasteiger partial charge on any atom is 0.0992 e. The molecule has 2 aliphatic rings. The zero-order valence-electron chi connectivity index (χ0n) is 8.39. The Balaban J connectivity index is 1.90. The average molecular weight is 200 g/mol. The van der Waals surface area contributed by atoms with Crippen molar-refractivity contribution in [3.8, 4) is 6.07 Å². The van der Waals surface area contributed by atoms with Gasteiger partial charge in [-0.2, -0.15) is 5.26 Å². The lowest BCUT2D eigenvalue weighted by atomic mass is 10.2. The second-order valence-electron chi connectivity index (χ2n) is 4.16. The van der Waals surface area contributed by atoms with E-state index in [0.29, 0.717) is 12.1 Å². The minimum absolute atomic E-state index is 0.403. The van der Waals surface area contributed by atoms with Gasteiger partial charge in [-0.25, -0.2) is 0 Å². The van der Waals surface area contributed by atoms with Crippen LogP contribution in [0.5, 0.6) is 0 Å². The van der Waals surface area contributed by atoms with Crippen LogP contribution in [0.2, 0.25) is 0 Å². The number of hydrogen-bond donors (Lipinski definition) is 0. The fraction of sp³-hybridized carbons (Fsp3) is 0.417. The van der Waals surface area contributed by atoms with Crippen molar-refractivity contribution in [3.05, 3.63) is 29.8 Å². The maximum absolute atomic E-state index is 8.84. The number of fused-ring (bicyclic) bond motifs is 2. The van der Waals surface area contributed by atoms with Gasteiger partial charge in [-0.05, 0) is 24.6 Å². The van der Waals surface area contributed by atoms with Crippen molar-refractivity contribution >= 4 is 5.69 Å². The molecule has 1 aromatic rings. The topological polar surface area (TPSA) is 36.3 Å². The van der Waals surface area contributed by atoms with E-state index in [1.54, 1.807) is 0 Å². The Morgan fingerprint density at radius 2 is 2.40 bits per heavy atom. The summed E-state index contributed by atoms with van der Waals surface area (Å²) >= 11 is 0. The van der Waals surface area contributed by atoms with E-state index in [1.165, 1.54) is 0 Å². The molecule has 0 spiro atoms. The van der Waals surface area contributed by atoms with Gasteiger partial charge in [0.05, 0.1) is 30.4 Å². The van der Waals surface area contributed by atoms with Crippen LogP contribution >= 0.6 is 0 Å². The summed E-state index contributed by atoms with van der Waals surface area (Å²) in [7, 11) is 0. The van der Waals surface area contributed by atoms with E-state index in [2.05, 4.69) is 17.0 Å². The molecule has 2 fully saturated rings. The molecule has 2 heterocycles. The molecule has 3 heteroatoms. The molecule has 1 aromatic carbocycles. The van der Waals surface area contributed by atoms with Crippen molar-refractivity contribution in [2.24, 2.45) is 0 Å². The molecule has 3 nitrogen and oxygen atoms in total. The molecule has 76 valence electrons. The Morgan fingerprint density at radius 1 is 1.47 bits per heavy atom. The zero-order valence-corrected chi connectivity index (χ0v) is 8.39. The maximum atomic E-state index is 8.84. The third-order valence-electron chi connectivity index (χ3n) is 3.21. The normalized spacial score (nSPS) is 28.1. The molecule has 2 unspecified atom stereocenters. The van der Waals surface area contributed by atoms with Crippen molar-refractivity contribution < 1.29 is 4.74 Å². The highest BCUT2D eigenvalue weighted by molar-refractivity contribution is 5.53. The first-order valence-corrected chi connectivity index (χ1v) is 5.25. The summed E-state index contributed by atoms with van der Waals surface area (Å²) in [5.74, 6) is 0. The number of morpholine rings is 1. The molecule has 2 saturated heterocycles. The molecule has 2 atom stereocenters. The third-order valence-corrected chi connectivity index (χ3v) is 3.21. The molecule has 0 amide bonds. The van der Waals surface area contributed by atoms with Crippen LogP contribution in [0.1, 0.15) is 12.0 Å². The van der Waals surface area contributed by atoms with Crippen LogP contribution in [-0.4, -0.2) is 25.3 Å². The summed E-state index contributed by atoms with van der Waals surface area (Å²) < 4.78 is 5.55. The zero-order chi connectivity index (χ0) is 10.3. The smallest absolute Gasteiger partial charge is 0.0992 e. The Bertz CT molecular complexity index is 424. The Hall–Kier alpha value is -1.53. The molecule has 0 N–H and O–H groups in total. The van der Waals surface area contributed by atoms with Gasteiger partial charge in [0, 0.05) is 12.2 Å². The minimum atomic E-state index is 0.403. The van der Waals surface area contributed by atoms with E-state index in [1.807, 2.05) is 18.2 Å². The summed E-state index contributed by atoms with van der Waals surface area (Å²) in [4.78, 5) is 2.36. The second-order valence-corrected chi connectivity index (χ2v) is 4.16. The van der Waals surface area contributed by atoms with Crippen LogP contribution in [-0.2, 0) is 4.74 Å². The van der Waals surface area contributed by atoms with E-state index in [-0.39, 0.29) is 0 Å². The summed E-state index contributed by atoms with van der Waals surface area (Å²) in [6.45, 7) is 1.81. The van der Waals surface area contributed by atoms with Crippen LogP contribution in [0.4, 0.5) is 5.69 Å². The molecular weight excluding hydrogens is 188 g/mol. The summed E-state index contributed by atoms with van der Waals surface area (Å²) in [5.41, 5.74) is 1.89. The molecule has 0 aliphatic carbocycles. The van der Waals surface area contributed by atoms with Crippen molar-refractivity contribution in [3.63, 3.8) is 0 Å². The molecule has 0 radical (unpaired) electrons. The monoisotopic (exact) mass is 200 g/mol. The van der Waals surface area contributed by atoms with Crippen molar-refractivity contribution in [2.45, 2.75) is 18.6 Å². The summed E-state index contributed by atoms with van der Waals surface area (Å²) in [5, 5.41) is 8.84. The molecular formula is C12H12N2O. The molecule has 3 rings (SSSR count). The standard InChI is InChI=1S/C12H12N2O/c13-6-9-2-1-3-10(4-9)14-7-12-5-11(14)8-15-12/h1-4,11-12H,5,7-8H2. The molecule has 0 aromatic heterocycles. The van der Waals surface area contributed by atoms with Gasteiger partial charge in [0.2, 0.25) is 0 Å². The first-order chi connectivity index (χ1) is 7.36. The van der Waals surface area contributed by atoms with Crippen molar-refractivity contribution in [1.82, 2.24) is 0 Å². The highest BCUT2D eigenvalue weighted by Crippen LogP contribution is 2.32. The Labute approximate surface area is 88.9 Å². The lowest BCUT2D eigenvalue weighted by Crippen LogP contribution is -2.36. The van der Waals surface area contributed by atoms with Gasteiger partial charge in [0.15, 0.2) is 0 Å². The summed E-state index contributed by atoms with van der Waals surface area (Å²) in [6, 6.07) is 10.5. The predicted octanol–water partition coefficient (Wildman–Crippen LogP) is 1.54. The molecule has 15 heavy (non-hydrogen) atoms. The molecule has 0 saturated carbocycles. The Kier molecular flexibility index (Phi) is 1.90. The SMILES string of the molecule is N#Cc1cccc(N2CC3CC2CO3)c1. The highest BCUT2D eigenvalue weighted by Gasteiger charge is 2.38. The summed E-state index contributed by atoms with van der Waals surface area (Å²) in [6.07, 6.45) is 1.54. The van der Waals surface area contributed by atoms with Gasteiger partial charge < -0.3 is 9.64 Å². The number of anilines is 1. The van der Waals surface area contributed by atoms with Crippen LogP contribution in [0.15, 0.2) is 24.3 Å². The van der Waals surface area contributed by atoms with Crippen LogP contribution in [0.25, 0.3) is 0 Å². The van der Waals surface area contributed by atoms with Gasteiger partial charge in [-0.3, -0.25) is 0 Å². The minimum Gasteiger partial charge on any atom is -0.374 e. The number of benzene rings is 1. The number of nitrogens with zero attached hydrogens (tertiary/aromatic N) is 2. The number of nitriles is 1. The van der Waals surface area contributed by atoms with Crippen LogP contribution < -0.4 is 4.90 Å². The number of hydrogen-bond acceptors (Lipinski definition) is 3. The van der Waals surface area contributed by atoms with E-state index in [9.17, 15) is 0 Å². The third kappa shape index (κ3) is 1.38. The quantitative estimate of drug-likeness (QED) is 0.689. The highest BCUT2D eigenvalue weighted by atomic mass is 16.5. The second kappa shape index (κ2) is 3.25. The lowest BCUT2D eigenvalue weighted by Gasteiger charge is -2.28. The average Bonchev–Trinajstić information content (AvgIpc) is 2.91. The fourth-order valence-electron chi connectivity index (χ4n) is 2.47. The van der Waals surface area contributed by atoms with E-state index in [4.69, 9.17) is 10.00 Å². The van der Waals surface area contributed by atoms with Gasteiger partial charge >= 0.3 is 0 Å². The van der Waals surface area contributed by atoms with E-state index in [0.717, 1.165) is 30.8 Å². The van der Waals surface area contributed by atoms with Crippen molar-refractivity contribution in [2.75, 3.05) is 18.1 Å².